The molecule has 0 unspecified atom stereocenters. The Labute approximate surface area is 177 Å². The van der Waals surface area contributed by atoms with Crippen LogP contribution in [0.1, 0.15) is 44.5 Å². The molecule has 0 atom stereocenters. The zero-order chi connectivity index (χ0) is 21.1. The minimum Gasteiger partial charge on any atom is -0.334 e. The summed E-state index contributed by atoms with van der Waals surface area (Å²) in [6, 6.07) is 19.3. The molecule has 0 radical (unpaired) electrons. The zero-order valence-corrected chi connectivity index (χ0v) is 17.3. The minimum atomic E-state index is -0.207. The van der Waals surface area contributed by atoms with E-state index in [-0.39, 0.29) is 17.5 Å². The fourth-order valence-electron chi connectivity index (χ4n) is 3.91. The predicted molar refractivity (Wildman–Crippen MR) is 118 cm³/mol. The third-order valence-corrected chi connectivity index (χ3v) is 5.52. The summed E-state index contributed by atoms with van der Waals surface area (Å²) in [7, 11) is 0. The Morgan fingerprint density at radius 1 is 1.03 bits per heavy atom. The lowest BCUT2D eigenvalue weighted by atomic mass is 9.99. The van der Waals surface area contributed by atoms with E-state index in [4.69, 9.17) is 0 Å². The summed E-state index contributed by atoms with van der Waals surface area (Å²) in [5.74, 6) is -0.277. The van der Waals surface area contributed by atoms with E-state index >= 15 is 0 Å². The summed E-state index contributed by atoms with van der Waals surface area (Å²) in [6.07, 6.45) is 2.39. The normalized spacial score (nSPS) is 12.9. The lowest BCUT2D eigenvalue weighted by molar-refractivity contribution is 0.0734. The molecule has 2 aromatic carbocycles. The first-order chi connectivity index (χ1) is 14.6. The number of anilines is 1. The Morgan fingerprint density at radius 2 is 1.83 bits per heavy atom. The van der Waals surface area contributed by atoms with Crippen LogP contribution >= 0.6 is 0 Å². The number of pyridine rings is 1. The molecular weight excluding hydrogens is 374 g/mol. The average molecular weight is 399 g/mol. The van der Waals surface area contributed by atoms with Crippen molar-refractivity contribution in [2.45, 2.75) is 26.8 Å². The van der Waals surface area contributed by atoms with Crippen LogP contribution in [0.4, 0.5) is 5.69 Å². The Hall–Kier alpha value is -3.47. The van der Waals surface area contributed by atoms with Gasteiger partial charge in [-0.1, -0.05) is 36.4 Å². The number of rotatable bonds is 4. The quantitative estimate of drug-likeness (QED) is 0.659. The Morgan fingerprint density at radius 3 is 2.60 bits per heavy atom. The molecule has 0 N–H and O–H groups in total. The highest BCUT2D eigenvalue weighted by Crippen LogP contribution is 2.22. The summed E-state index contributed by atoms with van der Waals surface area (Å²) < 4.78 is 0. The van der Waals surface area contributed by atoms with Crippen molar-refractivity contribution in [1.29, 1.82) is 0 Å². The Balaban J connectivity index is 1.56. The van der Waals surface area contributed by atoms with Crippen LogP contribution < -0.4 is 4.90 Å². The van der Waals surface area contributed by atoms with E-state index in [1.165, 1.54) is 11.1 Å². The number of fused-ring (bicyclic) bond motifs is 1. The number of benzene rings is 2. The topological polar surface area (TPSA) is 53.5 Å². The van der Waals surface area contributed by atoms with Crippen LogP contribution in [-0.2, 0) is 13.0 Å². The van der Waals surface area contributed by atoms with Crippen LogP contribution in [0.15, 0.2) is 66.9 Å². The SMILES string of the molecule is CCN(C(=O)c1cc(C(=O)N2CCc3ccccc3C2)ccn1)c1cccc(C)c1. The van der Waals surface area contributed by atoms with Gasteiger partial charge in [-0.3, -0.25) is 14.6 Å². The maximum Gasteiger partial charge on any atom is 0.276 e. The lowest BCUT2D eigenvalue weighted by Crippen LogP contribution is -2.36. The molecule has 3 aromatic rings. The summed E-state index contributed by atoms with van der Waals surface area (Å²) in [4.78, 5) is 34.0. The van der Waals surface area contributed by atoms with E-state index in [9.17, 15) is 9.59 Å². The molecule has 30 heavy (non-hydrogen) atoms. The zero-order valence-electron chi connectivity index (χ0n) is 17.3. The van der Waals surface area contributed by atoms with Gasteiger partial charge in [0.05, 0.1) is 0 Å². The summed E-state index contributed by atoms with van der Waals surface area (Å²) >= 11 is 0. The van der Waals surface area contributed by atoms with Crippen molar-refractivity contribution >= 4 is 17.5 Å². The van der Waals surface area contributed by atoms with E-state index in [1.54, 1.807) is 23.2 Å². The van der Waals surface area contributed by atoms with E-state index in [1.807, 2.05) is 55.1 Å². The van der Waals surface area contributed by atoms with Crippen molar-refractivity contribution in [3.8, 4) is 0 Å². The molecular formula is C25H25N3O2. The fraction of sp³-hybridized carbons (Fsp3) is 0.240. The number of hydrogen-bond donors (Lipinski definition) is 0. The number of hydrogen-bond acceptors (Lipinski definition) is 3. The molecule has 2 amide bonds. The molecule has 5 nitrogen and oxygen atoms in total. The second-order valence-corrected chi connectivity index (χ2v) is 7.56. The van der Waals surface area contributed by atoms with Crippen molar-refractivity contribution in [2.24, 2.45) is 0 Å². The van der Waals surface area contributed by atoms with Gasteiger partial charge < -0.3 is 9.80 Å². The first kappa shape index (κ1) is 19.8. The van der Waals surface area contributed by atoms with Gasteiger partial charge in [0.25, 0.3) is 11.8 Å². The van der Waals surface area contributed by atoms with Gasteiger partial charge in [0, 0.05) is 37.1 Å². The van der Waals surface area contributed by atoms with Gasteiger partial charge in [-0.05, 0) is 61.2 Å². The minimum absolute atomic E-state index is 0.0699. The molecule has 1 aliphatic heterocycles. The lowest BCUT2D eigenvalue weighted by Gasteiger charge is -2.29. The largest absolute Gasteiger partial charge is 0.334 e. The van der Waals surface area contributed by atoms with Crippen molar-refractivity contribution in [3.63, 3.8) is 0 Å². The van der Waals surface area contributed by atoms with Crippen molar-refractivity contribution < 1.29 is 9.59 Å². The van der Waals surface area contributed by atoms with Gasteiger partial charge in [0.2, 0.25) is 0 Å². The van der Waals surface area contributed by atoms with Gasteiger partial charge in [-0.25, -0.2) is 0 Å². The average Bonchev–Trinajstić information content (AvgIpc) is 2.79. The number of aryl methyl sites for hydroxylation is 1. The highest BCUT2D eigenvalue weighted by Gasteiger charge is 2.24. The highest BCUT2D eigenvalue weighted by molar-refractivity contribution is 6.06. The number of carbonyl (C=O) groups excluding carboxylic acids is 2. The molecule has 1 aromatic heterocycles. The molecule has 0 saturated carbocycles. The van der Waals surface area contributed by atoms with Gasteiger partial charge in [0.15, 0.2) is 0 Å². The third-order valence-electron chi connectivity index (χ3n) is 5.52. The molecule has 4 rings (SSSR count). The second-order valence-electron chi connectivity index (χ2n) is 7.56. The molecule has 2 heterocycles. The van der Waals surface area contributed by atoms with E-state index in [0.29, 0.717) is 25.2 Å². The van der Waals surface area contributed by atoms with Crippen LogP contribution in [0.25, 0.3) is 0 Å². The first-order valence-electron chi connectivity index (χ1n) is 10.3. The van der Waals surface area contributed by atoms with Crippen molar-refractivity contribution in [3.05, 3.63) is 94.8 Å². The van der Waals surface area contributed by atoms with E-state index < -0.39 is 0 Å². The number of amides is 2. The number of nitrogens with zero attached hydrogens (tertiary/aromatic N) is 3. The number of carbonyl (C=O) groups is 2. The molecule has 0 bridgehead atoms. The van der Waals surface area contributed by atoms with E-state index in [2.05, 4.69) is 17.1 Å². The maximum atomic E-state index is 13.1. The molecule has 1 aliphatic rings. The molecule has 0 aliphatic carbocycles. The Kier molecular flexibility index (Phi) is 5.61. The smallest absolute Gasteiger partial charge is 0.276 e. The van der Waals surface area contributed by atoms with Crippen molar-refractivity contribution in [1.82, 2.24) is 9.88 Å². The van der Waals surface area contributed by atoms with Crippen LogP contribution in [0.2, 0.25) is 0 Å². The summed E-state index contributed by atoms with van der Waals surface area (Å²) in [5.41, 5.74) is 5.16. The molecule has 0 fully saturated rings. The third kappa shape index (κ3) is 3.96. The number of aromatic nitrogens is 1. The van der Waals surface area contributed by atoms with Crippen LogP contribution in [-0.4, -0.2) is 34.8 Å². The van der Waals surface area contributed by atoms with Crippen LogP contribution in [0, 0.1) is 6.92 Å². The van der Waals surface area contributed by atoms with Crippen LogP contribution in [0.5, 0.6) is 0 Å². The standard InChI is InChI=1S/C25H25N3O2/c1-3-28(22-10-6-7-18(2)15-22)25(30)23-16-20(11-13-26-23)24(29)27-14-12-19-8-4-5-9-21(19)17-27/h4-11,13,15-16H,3,12,14,17H2,1-2H3. The van der Waals surface area contributed by atoms with Gasteiger partial charge in [-0.2, -0.15) is 0 Å². The molecule has 0 saturated heterocycles. The van der Waals surface area contributed by atoms with Gasteiger partial charge in [-0.15, -0.1) is 0 Å². The summed E-state index contributed by atoms with van der Waals surface area (Å²) in [6.45, 7) is 5.71. The summed E-state index contributed by atoms with van der Waals surface area (Å²) in [5, 5.41) is 0. The van der Waals surface area contributed by atoms with Gasteiger partial charge in [0.1, 0.15) is 5.69 Å². The van der Waals surface area contributed by atoms with E-state index in [0.717, 1.165) is 17.7 Å². The van der Waals surface area contributed by atoms with Crippen molar-refractivity contribution in [2.75, 3.05) is 18.0 Å². The highest BCUT2D eigenvalue weighted by atomic mass is 16.2. The molecule has 152 valence electrons. The Bertz CT molecular complexity index is 1090. The first-order valence-corrected chi connectivity index (χ1v) is 10.3. The fourth-order valence-corrected chi connectivity index (χ4v) is 3.91. The molecule has 0 spiro atoms. The monoisotopic (exact) mass is 399 g/mol. The van der Waals surface area contributed by atoms with Crippen LogP contribution in [0.3, 0.4) is 0 Å². The molecule has 5 heteroatoms. The maximum absolute atomic E-state index is 13.1. The second kappa shape index (κ2) is 8.49. The predicted octanol–water partition coefficient (Wildman–Crippen LogP) is 4.26. The van der Waals surface area contributed by atoms with Gasteiger partial charge >= 0.3 is 0 Å².